The number of carbonyl (C=O) groups is 1. The summed E-state index contributed by atoms with van der Waals surface area (Å²) in [6, 6.07) is 13.7. The van der Waals surface area contributed by atoms with Crippen LogP contribution in [0.5, 0.6) is 5.88 Å². The molecule has 0 bridgehead atoms. The van der Waals surface area contributed by atoms with E-state index in [-0.39, 0.29) is 16.8 Å². The molecule has 0 radical (unpaired) electrons. The predicted molar refractivity (Wildman–Crippen MR) is 107 cm³/mol. The fourth-order valence-electron chi connectivity index (χ4n) is 4.08. The van der Waals surface area contributed by atoms with Crippen molar-refractivity contribution in [1.82, 2.24) is 14.5 Å². The molecule has 27 heavy (non-hydrogen) atoms. The van der Waals surface area contributed by atoms with Gasteiger partial charge in [-0.15, -0.1) is 11.8 Å². The van der Waals surface area contributed by atoms with Gasteiger partial charge in [0.25, 0.3) is 5.91 Å². The number of likely N-dealkylation sites (tertiary alicyclic amines) is 1. The first-order chi connectivity index (χ1) is 13.1. The average molecular weight is 379 g/mol. The molecule has 2 fully saturated rings. The van der Waals surface area contributed by atoms with Crippen molar-refractivity contribution in [3.05, 3.63) is 60.4 Å². The summed E-state index contributed by atoms with van der Waals surface area (Å²) in [5.74, 6) is 1.76. The Morgan fingerprint density at radius 3 is 2.96 bits per heavy atom. The minimum Gasteiger partial charge on any atom is -0.473 e. The number of hydrogen-bond acceptors (Lipinski definition) is 4. The molecule has 138 valence electrons. The van der Waals surface area contributed by atoms with E-state index in [0.29, 0.717) is 5.88 Å². The Labute approximate surface area is 162 Å². The lowest BCUT2D eigenvalue weighted by Crippen LogP contribution is -2.60. The topological polar surface area (TPSA) is 47.4 Å². The Bertz CT molecular complexity index is 995. The quantitative estimate of drug-likeness (QED) is 0.700. The third-order valence-corrected chi connectivity index (χ3v) is 7.05. The monoisotopic (exact) mass is 379 g/mol. The summed E-state index contributed by atoms with van der Waals surface area (Å²) in [7, 11) is 2.02. The van der Waals surface area contributed by atoms with Gasteiger partial charge in [-0.25, -0.2) is 4.98 Å². The molecule has 0 aliphatic carbocycles. The molecule has 5 nitrogen and oxygen atoms in total. The maximum absolute atomic E-state index is 12.9. The van der Waals surface area contributed by atoms with Crippen LogP contribution in [-0.2, 0) is 7.05 Å². The highest BCUT2D eigenvalue weighted by atomic mass is 32.2. The largest absolute Gasteiger partial charge is 0.473 e. The summed E-state index contributed by atoms with van der Waals surface area (Å²) in [5, 5.41) is 1.11. The van der Waals surface area contributed by atoms with Gasteiger partial charge >= 0.3 is 0 Å². The van der Waals surface area contributed by atoms with Gasteiger partial charge in [-0.05, 0) is 30.3 Å². The molecule has 0 unspecified atom stereocenters. The zero-order valence-corrected chi connectivity index (χ0v) is 16.0. The number of nitrogens with zero attached hydrogens (tertiary/aromatic N) is 3. The number of hydrogen-bond donors (Lipinski definition) is 0. The van der Waals surface area contributed by atoms with E-state index in [1.54, 1.807) is 6.20 Å². The number of rotatable bonds is 3. The van der Waals surface area contributed by atoms with Crippen LogP contribution in [0.2, 0.25) is 0 Å². The van der Waals surface area contributed by atoms with E-state index in [9.17, 15) is 4.79 Å². The second kappa shape index (κ2) is 6.30. The second-order valence-electron chi connectivity index (χ2n) is 7.47. The fourth-order valence-corrected chi connectivity index (χ4v) is 5.60. The van der Waals surface area contributed by atoms with E-state index in [0.717, 1.165) is 41.7 Å². The summed E-state index contributed by atoms with van der Waals surface area (Å²) in [6.07, 6.45) is 4.91. The van der Waals surface area contributed by atoms with Crippen LogP contribution >= 0.6 is 11.8 Å². The smallest absolute Gasteiger partial charge is 0.253 e. The molecule has 2 aliphatic heterocycles. The third kappa shape index (κ3) is 2.98. The number of aryl methyl sites for hydroxylation is 1. The average Bonchev–Trinajstić information content (AvgIpc) is 3.25. The molecule has 2 aliphatic rings. The van der Waals surface area contributed by atoms with Crippen LogP contribution in [0.4, 0.5) is 0 Å². The Morgan fingerprint density at radius 2 is 2.15 bits per heavy atom. The zero-order valence-electron chi connectivity index (χ0n) is 15.2. The van der Waals surface area contributed by atoms with Gasteiger partial charge in [0.2, 0.25) is 5.88 Å². The van der Waals surface area contributed by atoms with Gasteiger partial charge in [0.05, 0.1) is 4.75 Å². The Balaban J connectivity index is 1.22. The fraction of sp³-hybridized carbons (Fsp3) is 0.333. The standard InChI is InChI=1S/C21H21N3O2S/c1-23-9-7-15-10-16(5-6-18(15)23)20(25)24-13-21(14-24)11-17(12-27-21)26-19-4-2-3-8-22-19/h2-10,17H,11-14H2,1H3/t17-/m1/s1. The van der Waals surface area contributed by atoms with Gasteiger partial charge in [-0.2, -0.15) is 0 Å². The number of thioether (sulfide) groups is 1. The van der Waals surface area contributed by atoms with Crippen molar-refractivity contribution in [2.45, 2.75) is 17.3 Å². The molecule has 3 aromatic rings. The lowest BCUT2D eigenvalue weighted by Gasteiger charge is -2.47. The van der Waals surface area contributed by atoms with E-state index in [1.165, 1.54) is 0 Å². The highest BCUT2D eigenvalue weighted by Gasteiger charge is 2.51. The van der Waals surface area contributed by atoms with Crippen molar-refractivity contribution < 1.29 is 9.53 Å². The molecule has 1 amide bonds. The van der Waals surface area contributed by atoms with Crippen LogP contribution < -0.4 is 4.74 Å². The van der Waals surface area contributed by atoms with E-state index < -0.39 is 0 Å². The number of carbonyl (C=O) groups excluding carboxylic acids is 1. The molecule has 1 aromatic carbocycles. The molecule has 1 atom stereocenters. The molecule has 1 spiro atoms. The minimum absolute atomic E-state index is 0.126. The first-order valence-corrected chi connectivity index (χ1v) is 10.2. The zero-order chi connectivity index (χ0) is 18.4. The molecule has 2 saturated heterocycles. The van der Waals surface area contributed by atoms with Crippen molar-refractivity contribution in [2.24, 2.45) is 7.05 Å². The Morgan fingerprint density at radius 1 is 1.26 bits per heavy atom. The first kappa shape index (κ1) is 16.7. The summed E-state index contributed by atoms with van der Waals surface area (Å²) in [5.41, 5.74) is 1.92. The lowest BCUT2D eigenvalue weighted by molar-refractivity contribution is 0.0516. The molecule has 0 saturated carbocycles. The molecular formula is C21H21N3O2S. The van der Waals surface area contributed by atoms with Crippen molar-refractivity contribution in [3.63, 3.8) is 0 Å². The van der Waals surface area contributed by atoms with Crippen LogP contribution in [0.15, 0.2) is 54.9 Å². The first-order valence-electron chi connectivity index (χ1n) is 9.18. The molecule has 5 rings (SSSR count). The van der Waals surface area contributed by atoms with Crippen molar-refractivity contribution in [2.75, 3.05) is 18.8 Å². The number of amides is 1. The van der Waals surface area contributed by atoms with Gasteiger partial charge in [-0.3, -0.25) is 4.79 Å². The molecule has 2 aromatic heterocycles. The highest BCUT2D eigenvalue weighted by Crippen LogP contribution is 2.46. The van der Waals surface area contributed by atoms with Crippen molar-refractivity contribution in [3.8, 4) is 5.88 Å². The number of fused-ring (bicyclic) bond motifs is 1. The number of aromatic nitrogens is 2. The van der Waals surface area contributed by atoms with Crippen molar-refractivity contribution >= 4 is 28.6 Å². The van der Waals surface area contributed by atoms with Crippen LogP contribution in [0.25, 0.3) is 10.9 Å². The summed E-state index contributed by atoms with van der Waals surface area (Å²) in [6.45, 7) is 1.59. The van der Waals surface area contributed by atoms with Gasteiger partial charge < -0.3 is 14.2 Å². The summed E-state index contributed by atoms with van der Waals surface area (Å²) >= 11 is 1.93. The van der Waals surface area contributed by atoms with E-state index in [4.69, 9.17) is 4.74 Å². The molecule has 6 heteroatoms. The van der Waals surface area contributed by atoms with Gasteiger partial charge in [0, 0.05) is 67.2 Å². The Hall–Kier alpha value is -2.47. The SMILES string of the molecule is Cn1ccc2cc(C(=O)N3CC4(C[C@@H](Oc5ccccn5)CS4)C3)ccc21. The second-order valence-corrected chi connectivity index (χ2v) is 8.96. The highest BCUT2D eigenvalue weighted by molar-refractivity contribution is 8.01. The van der Waals surface area contributed by atoms with E-state index in [2.05, 4.69) is 15.6 Å². The number of ether oxygens (including phenoxy) is 1. The number of benzene rings is 1. The van der Waals surface area contributed by atoms with E-state index >= 15 is 0 Å². The van der Waals surface area contributed by atoms with Crippen molar-refractivity contribution in [1.29, 1.82) is 0 Å². The van der Waals surface area contributed by atoms with Gasteiger partial charge in [0.15, 0.2) is 0 Å². The van der Waals surface area contributed by atoms with Crippen LogP contribution in [-0.4, -0.2) is 50.1 Å². The normalized spacial score (nSPS) is 20.8. The third-order valence-electron chi connectivity index (χ3n) is 5.48. The van der Waals surface area contributed by atoms with E-state index in [1.807, 2.05) is 66.3 Å². The molecule has 0 N–H and O–H groups in total. The van der Waals surface area contributed by atoms with Crippen LogP contribution in [0.3, 0.4) is 0 Å². The van der Waals surface area contributed by atoms with Gasteiger partial charge in [0.1, 0.15) is 6.10 Å². The summed E-state index contributed by atoms with van der Waals surface area (Å²) in [4.78, 5) is 19.1. The maximum Gasteiger partial charge on any atom is 0.253 e. The molecular weight excluding hydrogens is 358 g/mol. The Kier molecular flexibility index (Phi) is 3.90. The summed E-state index contributed by atoms with van der Waals surface area (Å²) < 4.78 is 8.21. The van der Waals surface area contributed by atoms with Crippen LogP contribution in [0.1, 0.15) is 16.8 Å². The number of pyridine rings is 1. The minimum atomic E-state index is 0.126. The van der Waals surface area contributed by atoms with Crippen LogP contribution in [0, 0.1) is 0 Å². The maximum atomic E-state index is 12.9. The molecule has 4 heterocycles. The lowest BCUT2D eigenvalue weighted by atomic mass is 9.92. The predicted octanol–water partition coefficient (Wildman–Crippen LogP) is 3.35. The van der Waals surface area contributed by atoms with Gasteiger partial charge in [-0.1, -0.05) is 6.07 Å².